The summed E-state index contributed by atoms with van der Waals surface area (Å²) in [7, 11) is 0. The molecule has 1 aliphatic rings. The number of aryl methyl sites for hydroxylation is 1. The summed E-state index contributed by atoms with van der Waals surface area (Å²) >= 11 is 0. The molecule has 1 fully saturated rings. The van der Waals surface area contributed by atoms with Gasteiger partial charge in [-0.25, -0.2) is 14.4 Å². The van der Waals surface area contributed by atoms with Crippen LogP contribution in [-0.4, -0.2) is 47.8 Å². The molecule has 1 aliphatic heterocycles. The summed E-state index contributed by atoms with van der Waals surface area (Å²) in [6.45, 7) is 1.73. The third-order valence-corrected chi connectivity index (χ3v) is 5.23. The molecule has 1 saturated heterocycles. The molecule has 3 aromatic carbocycles. The van der Waals surface area contributed by atoms with E-state index in [-0.39, 0.29) is 16.7 Å². The number of rotatable bonds is 6. The number of ether oxygens (including phenoxy) is 4. The van der Waals surface area contributed by atoms with Crippen LogP contribution in [0.25, 0.3) is 0 Å². The molecule has 34 heavy (non-hydrogen) atoms. The standard InChI is InChI=1S/C26H22O8/c1-16-10-8-9-15-19(16)24(30)33-26-21(31-22(28)17-11-4-2-5-12-17)20(27)25(34-26)32-23(29)18-13-6-3-7-14-18/h2-15,20-21,25-27H,1H3/t20-,21+,25+,26+/m1/s1. The lowest BCUT2D eigenvalue weighted by atomic mass is 10.1. The Kier molecular flexibility index (Phi) is 7.01. The Balaban J connectivity index is 1.54. The predicted octanol–water partition coefficient (Wildman–Crippen LogP) is 3.28. The minimum absolute atomic E-state index is 0.225. The van der Waals surface area contributed by atoms with Gasteiger partial charge in [0.1, 0.15) is 0 Å². The van der Waals surface area contributed by atoms with Gasteiger partial charge in [0, 0.05) is 0 Å². The van der Waals surface area contributed by atoms with Crippen LogP contribution >= 0.6 is 0 Å². The van der Waals surface area contributed by atoms with E-state index in [1.807, 2.05) is 0 Å². The van der Waals surface area contributed by atoms with Crippen molar-refractivity contribution in [3.63, 3.8) is 0 Å². The van der Waals surface area contributed by atoms with E-state index in [0.717, 1.165) is 0 Å². The summed E-state index contributed by atoms with van der Waals surface area (Å²) in [4.78, 5) is 37.8. The van der Waals surface area contributed by atoms with Crippen molar-refractivity contribution in [2.24, 2.45) is 0 Å². The second-order valence-electron chi connectivity index (χ2n) is 7.59. The van der Waals surface area contributed by atoms with E-state index in [1.165, 1.54) is 24.3 Å². The first kappa shape index (κ1) is 23.2. The Morgan fingerprint density at radius 2 is 1.18 bits per heavy atom. The van der Waals surface area contributed by atoms with Crippen LogP contribution in [0.1, 0.15) is 36.6 Å². The highest BCUT2D eigenvalue weighted by Gasteiger charge is 2.51. The van der Waals surface area contributed by atoms with Gasteiger partial charge in [-0.15, -0.1) is 0 Å². The molecular formula is C26H22O8. The van der Waals surface area contributed by atoms with Gasteiger partial charge in [-0.1, -0.05) is 54.6 Å². The summed E-state index contributed by atoms with van der Waals surface area (Å²) in [5.74, 6) is -2.27. The maximum atomic E-state index is 12.7. The van der Waals surface area contributed by atoms with Gasteiger partial charge >= 0.3 is 17.9 Å². The smallest absolute Gasteiger partial charge is 0.340 e. The minimum Gasteiger partial charge on any atom is -0.449 e. The molecule has 3 aromatic rings. The first-order valence-corrected chi connectivity index (χ1v) is 10.6. The van der Waals surface area contributed by atoms with Gasteiger partial charge in [0.2, 0.25) is 12.6 Å². The summed E-state index contributed by atoms with van der Waals surface area (Å²) in [5.41, 5.74) is 1.40. The van der Waals surface area contributed by atoms with Crippen LogP contribution in [0.3, 0.4) is 0 Å². The summed E-state index contributed by atoms with van der Waals surface area (Å²) in [6.07, 6.45) is -6.08. The lowest BCUT2D eigenvalue weighted by Crippen LogP contribution is -2.39. The SMILES string of the molecule is Cc1ccccc1C(=O)O[C@H]1O[C@H](OC(=O)c2ccccc2)[C@H](O)[C@@H]1OC(=O)c1ccccc1. The highest BCUT2D eigenvalue weighted by atomic mass is 16.8. The highest BCUT2D eigenvalue weighted by molar-refractivity contribution is 5.91. The van der Waals surface area contributed by atoms with E-state index in [0.29, 0.717) is 5.56 Å². The lowest BCUT2D eigenvalue weighted by Gasteiger charge is -2.20. The normalized spacial score (nSPS) is 21.5. The van der Waals surface area contributed by atoms with Gasteiger partial charge in [0.25, 0.3) is 0 Å². The van der Waals surface area contributed by atoms with Crippen molar-refractivity contribution in [1.82, 2.24) is 0 Å². The highest BCUT2D eigenvalue weighted by Crippen LogP contribution is 2.28. The van der Waals surface area contributed by atoms with Crippen molar-refractivity contribution in [2.45, 2.75) is 31.7 Å². The molecule has 0 spiro atoms. The van der Waals surface area contributed by atoms with E-state index in [1.54, 1.807) is 67.6 Å². The minimum atomic E-state index is -1.60. The summed E-state index contributed by atoms with van der Waals surface area (Å²) in [6, 6.07) is 23.0. The molecule has 0 saturated carbocycles. The van der Waals surface area contributed by atoms with Gasteiger partial charge in [-0.2, -0.15) is 0 Å². The molecule has 0 aliphatic carbocycles. The quantitative estimate of drug-likeness (QED) is 0.439. The van der Waals surface area contributed by atoms with E-state index < -0.39 is 42.7 Å². The first-order chi connectivity index (χ1) is 16.4. The van der Waals surface area contributed by atoms with Gasteiger partial charge in [-0.05, 0) is 42.8 Å². The van der Waals surface area contributed by atoms with Crippen molar-refractivity contribution < 1.29 is 38.4 Å². The topological polar surface area (TPSA) is 108 Å². The average molecular weight is 462 g/mol. The van der Waals surface area contributed by atoms with Crippen LogP contribution in [0, 0.1) is 6.92 Å². The second-order valence-corrected chi connectivity index (χ2v) is 7.59. The van der Waals surface area contributed by atoms with Crippen molar-refractivity contribution in [3.8, 4) is 0 Å². The maximum absolute atomic E-state index is 12.7. The van der Waals surface area contributed by atoms with E-state index in [2.05, 4.69) is 0 Å². The molecule has 0 bridgehead atoms. The van der Waals surface area contributed by atoms with Gasteiger partial charge in [-0.3, -0.25) is 4.74 Å². The molecule has 0 radical (unpaired) electrons. The zero-order valence-corrected chi connectivity index (χ0v) is 18.2. The monoisotopic (exact) mass is 462 g/mol. The molecule has 174 valence electrons. The fraction of sp³-hybridized carbons (Fsp3) is 0.192. The van der Waals surface area contributed by atoms with Crippen molar-refractivity contribution in [1.29, 1.82) is 0 Å². The van der Waals surface area contributed by atoms with Crippen LogP contribution in [0.15, 0.2) is 84.9 Å². The third-order valence-electron chi connectivity index (χ3n) is 5.23. The molecule has 8 heteroatoms. The molecule has 0 unspecified atom stereocenters. The average Bonchev–Trinajstić information content (AvgIpc) is 3.14. The largest absolute Gasteiger partial charge is 0.449 e. The Hall–Kier alpha value is -4.01. The molecule has 4 rings (SSSR count). The Morgan fingerprint density at radius 1 is 0.676 bits per heavy atom. The number of aliphatic hydroxyl groups excluding tert-OH is 1. The Labute approximate surface area is 195 Å². The number of aliphatic hydroxyl groups is 1. The zero-order chi connectivity index (χ0) is 24.1. The fourth-order valence-corrected chi connectivity index (χ4v) is 3.41. The predicted molar refractivity (Wildman–Crippen MR) is 119 cm³/mol. The van der Waals surface area contributed by atoms with Crippen molar-refractivity contribution in [2.75, 3.05) is 0 Å². The van der Waals surface area contributed by atoms with Crippen LogP contribution in [0.4, 0.5) is 0 Å². The molecular weight excluding hydrogens is 440 g/mol. The van der Waals surface area contributed by atoms with E-state index in [4.69, 9.17) is 18.9 Å². The van der Waals surface area contributed by atoms with Crippen LogP contribution in [0.2, 0.25) is 0 Å². The molecule has 8 nitrogen and oxygen atoms in total. The Morgan fingerprint density at radius 3 is 1.76 bits per heavy atom. The summed E-state index contributed by atoms with van der Waals surface area (Å²) < 4.78 is 21.7. The number of carbonyl (C=O) groups excluding carboxylic acids is 3. The van der Waals surface area contributed by atoms with Crippen molar-refractivity contribution >= 4 is 17.9 Å². The molecule has 1 N–H and O–H groups in total. The number of hydrogen-bond donors (Lipinski definition) is 1. The third kappa shape index (κ3) is 5.14. The lowest BCUT2D eigenvalue weighted by molar-refractivity contribution is -0.185. The second kappa shape index (κ2) is 10.3. The van der Waals surface area contributed by atoms with Crippen molar-refractivity contribution in [3.05, 3.63) is 107 Å². The first-order valence-electron chi connectivity index (χ1n) is 10.6. The Bertz CT molecular complexity index is 1160. The number of esters is 3. The fourth-order valence-electron chi connectivity index (χ4n) is 3.41. The summed E-state index contributed by atoms with van der Waals surface area (Å²) in [5, 5.41) is 10.8. The molecule has 4 atom stereocenters. The number of carbonyl (C=O) groups is 3. The van der Waals surface area contributed by atoms with E-state index >= 15 is 0 Å². The van der Waals surface area contributed by atoms with Gasteiger partial charge in [0.15, 0.2) is 12.2 Å². The van der Waals surface area contributed by atoms with E-state index in [9.17, 15) is 19.5 Å². The van der Waals surface area contributed by atoms with Gasteiger partial charge < -0.3 is 19.3 Å². The molecule has 0 amide bonds. The van der Waals surface area contributed by atoms with Gasteiger partial charge in [0.05, 0.1) is 16.7 Å². The number of benzene rings is 3. The number of hydrogen-bond acceptors (Lipinski definition) is 8. The maximum Gasteiger partial charge on any atom is 0.340 e. The van der Waals surface area contributed by atoms with Crippen LogP contribution < -0.4 is 0 Å². The van der Waals surface area contributed by atoms with Crippen LogP contribution in [-0.2, 0) is 18.9 Å². The van der Waals surface area contributed by atoms with Crippen LogP contribution in [0.5, 0.6) is 0 Å². The zero-order valence-electron chi connectivity index (χ0n) is 18.2. The molecule has 0 aromatic heterocycles. The molecule has 1 heterocycles.